The lowest BCUT2D eigenvalue weighted by atomic mass is 9.91. The van der Waals surface area contributed by atoms with E-state index < -0.39 is 5.54 Å². The average molecular weight is 249 g/mol. The first kappa shape index (κ1) is 14.6. The Morgan fingerprint density at radius 3 is 2.44 bits per heavy atom. The quantitative estimate of drug-likeness (QED) is 0.813. The number of hydrogen-bond donors (Lipinski definition) is 1. The van der Waals surface area contributed by atoms with Crippen LogP contribution < -0.4 is 5.73 Å². The van der Waals surface area contributed by atoms with E-state index >= 15 is 0 Å². The molecule has 0 fully saturated rings. The lowest BCUT2D eigenvalue weighted by Crippen LogP contribution is -2.50. The highest BCUT2D eigenvalue weighted by Crippen LogP contribution is 2.23. The Balaban J connectivity index is 3.16. The van der Waals surface area contributed by atoms with Gasteiger partial charge < -0.3 is 5.73 Å². The topological polar surface area (TPSA) is 59.2 Å². The van der Waals surface area contributed by atoms with Crippen LogP contribution in [0.4, 0.5) is 5.82 Å². The summed E-state index contributed by atoms with van der Waals surface area (Å²) in [5.41, 5.74) is 6.72. The van der Waals surface area contributed by atoms with E-state index in [0.29, 0.717) is 11.4 Å². The van der Waals surface area contributed by atoms with Gasteiger partial charge in [0.25, 0.3) is 0 Å². The lowest BCUT2D eigenvalue weighted by molar-refractivity contribution is 0.0669. The van der Waals surface area contributed by atoms with Crippen molar-refractivity contribution >= 4 is 11.6 Å². The highest BCUT2D eigenvalue weighted by Gasteiger charge is 2.34. The molecule has 1 aromatic heterocycles. The number of nitrogens with two attached hydrogens (primary N) is 1. The van der Waals surface area contributed by atoms with Gasteiger partial charge in [-0.2, -0.15) is 0 Å². The molecule has 4 nitrogen and oxygen atoms in total. The average Bonchev–Trinajstić information content (AvgIpc) is 2.32. The zero-order valence-electron chi connectivity index (χ0n) is 11.9. The van der Waals surface area contributed by atoms with E-state index in [2.05, 4.69) is 23.7 Å². The third-order valence-corrected chi connectivity index (χ3v) is 3.41. The number of nitrogens with zero attached hydrogens (tertiary/aromatic N) is 2. The maximum absolute atomic E-state index is 12.6. The van der Waals surface area contributed by atoms with E-state index in [1.807, 2.05) is 26.8 Å². The van der Waals surface area contributed by atoms with Crippen LogP contribution in [0.25, 0.3) is 0 Å². The summed E-state index contributed by atoms with van der Waals surface area (Å²) in [6.45, 7) is 11.5. The molecule has 0 saturated heterocycles. The van der Waals surface area contributed by atoms with Crippen molar-refractivity contribution in [1.82, 2.24) is 9.88 Å². The van der Waals surface area contributed by atoms with Crippen LogP contribution in [0, 0.1) is 6.92 Å². The van der Waals surface area contributed by atoms with Gasteiger partial charge in [0.1, 0.15) is 5.82 Å². The minimum atomic E-state index is -0.562. The summed E-state index contributed by atoms with van der Waals surface area (Å²) in [6.07, 6.45) is 1.68. The second-order valence-corrected chi connectivity index (χ2v) is 5.01. The number of likely N-dealkylation sites (N-methyl/N-ethyl adjacent to an activating group) is 1. The number of Topliss-reactive ketones (excluding diaryl/α,β-unsaturated/α-hetero) is 1. The van der Waals surface area contributed by atoms with E-state index in [9.17, 15) is 4.79 Å². The van der Waals surface area contributed by atoms with E-state index in [4.69, 9.17) is 5.73 Å². The first-order valence-electron chi connectivity index (χ1n) is 6.36. The van der Waals surface area contributed by atoms with E-state index in [0.717, 1.165) is 18.7 Å². The van der Waals surface area contributed by atoms with Gasteiger partial charge in [0.2, 0.25) is 0 Å². The summed E-state index contributed by atoms with van der Waals surface area (Å²) < 4.78 is 0. The van der Waals surface area contributed by atoms with Gasteiger partial charge in [-0.15, -0.1) is 0 Å². The van der Waals surface area contributed by atoms with Gasteiger partial charge in [0, 0.05) is 6.20 Å². The Hall–Kier alpha value is -1.42. The van der Waals surface area contributed by atoms with Crippen molar-refractivity contribution in [2.75, 3.05) is 18.8 Å². The van der Waals surface area contributed by atoms with Crippen molar-refractivity contribution in [3.63, 3.8) is 0 Å². The Morgan fingerprint density at radius 1 is 1.39 bits per heavy atom. The predicted molar refractivity (Wildman–Crippen MR) is 74.7 cm³/mol. The smallest absolute Gasteiger partial charge is 0.186 e. The first-order chi connectivity index (χ1) is 8.34. The van der Waals surface area contributed by atoms with Gasteiger partial charge in [-0.1, -0.05) is 13.8 Å². The van der Waals surface area contributed by atoms with E-state index in [1.54, 1.807) is 6.20 Å². The van der Waals surface area contributed by atoms with Crippen molar-refractivity contribution in [3.8, 4) is 0 Å². The number of carbonyl (C=O) groups is 1. The molecule has 2 N–H and O–H groups in total. The van der Waals surface area contributed by atoms with Crippen LogP contribution in [0.15, 0.2) is 12.3 Å². The van der Waals surface area contributed by atoms with Gasteiger partial charge >= 0.3 is 0 Å². The molecule has 18 heavy (non-hydrogen) atoms. The van der Waals surface area contributed by atoms with Crippen LogP contribution >= 0.6 is 0 Å². The summed E-state index contributed by atoms with van der Waals surface area (Å²) in [5.74, 6) is 0.339. The highest BCUT2D eigenvalue weighted by atomic mass is 16.1. The van der Waals surface area contributed by atoms with Crippen LogP contribution in [-0.2, 0) is 0 Å². The number of aryl methyl sites for hydroxylation is 1. The fourth-order valence-corrected chi connectivity index (χ4v) is 2.25. The number of hydrogen-bond acceptors (Lipinski definition) is 4. The second kappa shape index (κ2) is 5.48. The van der Waals surface area contributed by atoms with Crippen LogP contribution in [-0.4, -0.2) is 34.3 Å². The molecular formula is C14H23N3O. The maximum Gasteiger partial charge on any atom is 0.186 e. The number of pyridine rings is 1. The molecule has 0 saturated carbocycles. The fourth-order valence-electron chi connectivity index (χ4n) is 2.25. The monoisotopic (exact) mass is 249 g/mol. The third-order valence-electron chi connectivity index (χ3n) is 3.41. The Morgan fingerprint density at radius 2 is 1.94 bits per heavy atom. The molecule has 0 radical (unpaired) electrons. The van der Waals surface area contributed by atoms with Crippen LogP contribution in [0.1, 0.15) is 43.6 Å². The molecule has 0 aromatic carbocycles. The molecule has 0 unspecified atom stereocenters. The molecule has 0 spiro atoms. The molecule has 4 heteroatoms. The highest BCUT2D eigenvalue weighted by molar-refractivity contribution is 6.06. The van der Waals surface area contributed by atoms with E-state index in [-0.39, 0.29) is 5.78 Å². The standard InChI is InChI=1S/C14H23N3O/c1-6-17(7-2)14(4,5)12(18)11-8-10(3)9-16-13(11)15/h8-9H,6-7H2,1-5H3,(H2,15,16). The number of rotatable bonds is 5. The first-order valence-corrected chi connectivity index (χ1v) is 6.36. The minimum absolute atomic E-state index is 0.0277. The van der Waals surface area contributed by atoms with Crippen molar-refractivity contribution in [2.45, 2.75) is 40.2 Å². The minimum Gasteiger partial charge on any atom is -0.383 e. The molecule has 0 aliphatic carbocycles. The van der Waals surface area contributed by atoms with Crippen LogP contribution in [0.3, 0.4) is 0 Å². The van der Waals surface area contributed by atoms with Crippen LogP contribution in [0.2, 0.25) is 0 Å². The fraction of sp³-hybridized carbons (Fsp3) is 0.571. The summed E-state index contributed by atoms with van der Waals surface area (Å²) in [6, 6.07) is 1.82. The van der Waals surface area contributed by atoms with Crippen molar-refractivity contribution in [3.05, 3.63) is 23.4 Å². The van der Waals surface area contributed by atoms with Crippen molar-refractivity contribution in [1.29, 1.82) is 0 Å². The third kappa shape index (κ3) is 2.70. The zero-order chi connectivity index (χ0) is 13.9. The molecule has 1 aromatic rings. The Labute approximate surface area is 109 Å². The Bertz CT molecular complexity index is 437. The zero-order valence-corrected chi connectivity index (χ0v) is 11.9. The number of carbonyl (C=O) groups excluding carboxylic acids is 1. The van der Waals surface area contributed by atoms with Crippen molar-refractivity contribution < 1.29 is 4.79 Å². The molecule has 0 bridgehead atoms. The molecule has 0 aliphatic rings. The summed E-state index contributed by atoms with van der Waals surface area (Å²) >= 11 is 0. The predicted octanol–water partition coefficient (Wildman–Crippen LogP) is 2.28. The molecule has 1 heterocycles. The number of aromatic nitrogens is 1. The Kier molecular flexibility index (Phi) is 4.46. The molecule has 0 atom stereocenters. The van der Waals surface area contributed by atoms with Crippen LogP contribution in [0.5, 0.6) is 0 Å². The van der Waals surface area contributed by atoms with Gasteiger partial charge in [-0.25, -0.2) is 4.98 Å². The maximum atomic E-state index is 12.6. The lowest BCUT2D eigenvalue weighted by Gasteiger charge is -2.35. The van der Waals surface area contributed by atoms with Crippen molar-refractivity contribution in [2.24, 2.45) is 0 Å². The summed E-state index contributed by atoms with van der Waals surface area (Å²) in [5, 5.41) is 0. The van der Waals surface area contributed by atoms with Gasteiger partial charge in [-0.05, 0) is 45.5 Å². The van der Waals surface area contributed by atoms with Gasteiger partial charge in [0.05, 0.1) is 11.1 Å². The SMILES string of the molecule is CCN(CC)C(C)(C)C(=O)c1cc(C)cnc1N. The largest absolute Gasteiger partial charge is 0.383 e. The molecule has 100 valence electrons. The summed E-state index contributed by atoms with van der Waals surface area (Å²) in [4.78, 5) is 18.8. The molecule has 0 amide bonds. The van der Waals surface area contributed by atoms with Gasteiger partial charge in [-0.3, -0.25) is 9.69 Å². The van der Waals surface area contributed by atoms with E-state index in [1.165, 1.54) is 0 Å². The molecule has 1 rings (SSSR count). The second-order valence-electron chi connectivity index (χ2n) is 5.01. The number of anilines is 1. The normalized spacial score (nSPS) is 11.9. The molecule has 0 aliphatic heterocycles. The molecular weight excluding hydrogens is 226 g/mol. The number of nitrogen functional groups attached to an aromatic ring is 1. The number of ketones is 1. The van der Waals surface area contributed by atoms with Gasteiger partial charge in [0.15, 0.2) is 5.78 Å². The summed E-state index contributed by atoms with van der Waals surface area (Å²) in [7, 11) is 0.